The molecule has 0 aromatic carbocycles. The Balaban J connectivity index is 1.58. The van der Waals surface area contributed by atoms with Crippen LogP contribution in [0.4, 0.5) is 5.82 Å². The summed E-state index contributed by atoms with van der Waals surface area (Å²) in [4.78, 5) is 14.2. The highest BCUT2D eigenvalue weighted by atomic mass is 32.1. The molecule has 2 aromatic rings. The minimum absolute atomic E-state index is 0.395. The summed E-state index contributed by atoms with van der Waals surface area (Å²) >= 11 is 1.86. The third-order valence-corrected chi connectivity index (χ3v) is 6.24. The van der Waals surface area contributed by atoms with Gasteiger partial charge in [-0.15, -0.1) is 11.3 Å². The first kappa shape index (κ1) is 13.2. The van der Waals surface area contributed by atoms with E-state index in [9.17, 15) is 0 Å². The number of aryl methyl sites for hydroxylation is 2. The highest BCUT2D eigenvalue weighted by Crippen LogP contribution is 2.41. The van der Waals surface area contributed by atoms with Crippen LogP contribution >= 0.6 is 11.3 Å². The third kappa shape index (κ3) is 1.90. The first-order valence-electron chi connectivity index (χ1n) is 8.13. The van der Waals surface area contributed by atoms with E-state index in [2.05, 4.69) is 14.9 Å². The van der Waals surface area contributed by atoms with Gasteiger partial charge in [0.1, 0.15) is 17.0 Å². The second kappa shape index (κ2) is 4.88. The van der Waals surface area contributed by atoms with Gasteiger partial charge in [-0.3, -0.25) is 0 Å². The zero-order chi connectivity index (χ0) is 14.6. The monoisotopic (exact) mass is 317 g/mol. The van der Waals surface area contributed by atoms with Crippen LogP contribution in [0.5, 0.6) is 0 Å². The van der Waals surface area contributed by atoms with E-state index in [4.69, 9.17) is 9.47 Å². The van der Waals surface area contributed by atoms with Crippen molar-refractivity contribution in [1.82, 2.24) is 9.97 Å². The summed E-state index contributed by atoms with van der Waals surface area (Å²) in [7, 11) is 0. The predicted octanol–water partition coefficient (Wildman–Crippen LogP) is 2.52. The number of nitrogens with zero attached hydrogens (tertiary/aromatic N) is 3. The lowest BCUT2D eigenvalue weighted by molar-refractivity contribution is -0.137. The summed E-state index contributed by atoms with van der Waals surface area (Å²) < 4.78 is 11.7. The first-order chi connectivity index (χ1) is 10.8. The molecule has 4 heterocycles. The SMILES string of the molecule is c1nc(N2CCC3(C2)OCCO3)c2c3c(sc2n1)CCCC3. The van der Waals surface area contributed by atoms with Gasteiger partial charge in [-0.05, 0) is 31.2 Å². The lowest BCUT2D eigenvalue weighted by Gasteiger charge is -2.23. The molecule has 1 aliphatic carbocycles. The first-order valence-corrected chi connectivity index (χ1v) is 8.94. The van der Waals surface area contributed by atoms with Crippen molar-refractivity contribution in [2.75, 3.05) is 31.2 Å². The van der Waals surface area contributed by atoms with Gasteiger partial charge in [-0.25, -0.2) is 9.97 Å². The second-order valence-corrected chi connectivity index (χ2v) is 7.45. The van der Waals surface area contributed by atoms with Crippen molar-refractivity contribution in [2.45, 2.75) is 37.9 Å². The minimum Gasteiger partial charge on any atom is -0.350 e. The molecule has 6 heteroatoms. The van der Waals surface area contributed by atoms with Crippen LogP contribution in [0.1, 0.15) is 29.7 Å². The molecule has 116 valence electrons. The highest BCUT2D eigenvalue weighted by molar-refractivity contribution is 7.19. The lowest BCUT2D eigenvalue weighted by atomic mass is 9.97. The molecule has 0 saturated carbocycles. The zero-order valence-corrected chi connectivity index (χ0v) is 13.3. The van der Waals surface area contributed by atoms with E-state index < -0.39 is 5.79 Å². The Bertz CT molecular complexity index is 723. The number of thiophene rings is 1. The summed E-state index contributed by atoms with van der Waals surface area (Å²) in [5.41, 5.74) is 1.50. The van der Waals surface area contributed by atoms with Gasteiger partial charge in [0.2, 0.25) is 0 Å². The highest BCUT2D eigenvalue weighted by Gasteiger charge is 2.44. The predicted molar refractivity (Wildman–Crippen MR) is 85.5 cm³/mol. The van der Waals surface area contributed by atoms with Gasteiger partial charge in [0, 0.05) is 17.8 Å². The normalized spacial score (nSPS) is 23.5. The number of hydrogen-bond donors (Lipinski definition) is 0. The third-order valence-electron chi connectivity index (χ3n) is 5.04. The fraction of sp³-hybridized carbons (Fsp3) is 0.625. The topological polar surface area (TPSA) is 47.5 Å². The number of rotatable bonds is 1. The van der Waals surface area contributed by atoms with Crippen molar-refractivity contribution >= 4 is 27.4 Å². The zero-order valence-electron chi connectivity index (χ0n) is 12.5. The van der Waals surface area contributed by atoms with Crippen LogP contribution in [0.15, 0.2) is 6.33 Å². The largest absolute Gasteiger partial charge is 0.350 e. The van der Waals surface area contributed by atoms with Gasteiger partial charge >= 0.3 is 0 Å². The van der Waals surface area contributed by atoms with Crippen LogP contribution < -0.4 is 4.90 Å². The maximum atomic E-state index is 5.85. The van der Waals surface area contributed by atoms with Crippen molar-refractivity contribution in [2.24, 2.45) is 0 Å². The van der Waals surface area contributed by atoms with Gasteiger partial charge in [0.15, 0.2) is 5.79 Å². The Labute approximate surface area is 133 Å². The van der Waals surface area contributed by atoms with Gasteiger partial charge in [0.25, 0.3) is 0 Å². The fourth-order valence-corrected chi connectivity index (χ4v) is 5.20. The summed E-state index contributed by atoms with van der Waals surface area (Å²) in [5.74, 6) is 0.688. The van der Waals surface area contributed by atoms with Crippen molar-refractivity contribution in [3.8, 4) is 0 Å². The van der Waals surface area contributed by atoms with Crippen LogP contribution in [0.2, 0.25) is 0 Å². The maximum Gasteiger partial charge on any atom is 0.187 e. The van der Waals surface area contributed by atoms with Gasteiger partial charge in [-0.1, -0.05) is 0 Å². The molecule has 2 aromatic heterocycles. The van der Waals surface area contributed by atoms with Crippen LogP contribution in [0.25, 0.3) is 10.2 Å². The molecule has 2 fully saturated rings. The number of fused-ring (bicyclic) bond motifs is 3. The smallest absolute Gasteiger partial charge is 0.187 e. The van der Waals surface area contributed by atoms with E-state index in [1.807, 2.05) is 11.3 Å². The Morgan fingerprint density at radius 2 is 2.00 bits per heavy atom. The van der Waals surface area contributed by atoms with Crippen molar-refractivity contribution in [1.29, 1.82) is 0 Å². The molecule has 2 saturated heterocycles. The van der Waals surface area contributed by atoms with E-state index in [0.717, 1.165) is 30.2 Å². The average Bonchev–Trinajstić information content (AvgIpc) is 3.26. The van der Waals surface area contributed by atoms with Crippen molar-refractivity contribution in [3.63, 3.8) is 0 Å². The van der Waals surface area contributed by atoms with Crippen LogP contribution in [0.3, 0.4) is 0 Å². The molecule has 0 N–H and O–H groups in total. The molecule has 5 rings (SSSR count). The van der Waals surface area contributed by atoms with E-state index in [1.165, 1.54) is 41.5 Å². The van der Waals surface area contributed by atoms with Gasteiger partial charge in [0.05, 0.1) is 25.1 Å². The molecule has 0 unspecified atom stereocenters. The van der Waals surface area contributed by atoms with Crippen molar-refractivity contribution in [3.05, 3.63) is 16.8 Å². The van der Waals surface area contributed by atoms with Crippen LogP contribution in [-0.2, 0) is 22.3 Å². The molecule has 0 amide bonds. The molecule has 1 spiro atoms. The number of anilines is 1. The molecular formula is C16H19N3O2S. The van der Waals surface area contributed by atoms with Crippen LogP contribution in [-0.4, -0.2) is 42.1 Å². The van der Waals surface area contributed by atoms with Crippen LogP contribution in [0, 0.1) is 0 Å². The molecule has 3 aliphatic rings. The standard InChI is InChI=1S/C16H19N3O2S/c1-2-4-12-11(3-1)13-14(17-10-18-15(13)22-12)19-6-5-16(9-19)20-7-8-21-16/h10H,1-9H2. The Morgan fingerprint density at radius 3 is 2.91 bits per heavy atom. The number of hydrogen-bond acceptors (Lipinski definition) is 6. The summed E-state index contributed by atoms with van der Waals surface area (Å²) in [5, 5.41) is 1.29. The lowest BCUT2D eigenvalue weighted by Crippen LogP contribution is -2.34. The molecule has 0 bridgehead atoms. The van der Waals surface area contributed by atoms with E-state index in [-0.39, 0.29) is 0 Å². The summed E-state index contributed by atoms with van der Waals surface area (Å²) in [6, 6.07) is 0. The average molecular weight is 317 g/mol. The number of aromatic nitrogens is 2. The molecular weight excluding hydrogens is 298 g/mol. The molecule has 5 nitrogen and oxygen atoms in total. The Kier molecular flexibility index (Phi) is 2.93. The quantitative estimate of drug-likeness (QED) is 0.809. The summed E-state index contributed by atoms with van der Waals surface area (Å²) in [6.07, 6.45) is 7.58. The molecule has 0 atom stereocenters. The maximum absolute atomic E-state index is 5.85. The van der Waals surface area contributed by atoms with E-state index >= 15 is 0 Å². The van der Waals surface area contributed by atoms with Gasteiger partial charge in [-0.2, -0.15) is 0 Å². The van der Waals surface area contributed by atoms with Crippen molar-refractivity contribution < 1.29 is 9.47 Å². The Morgan fingerprint density at radius 1 is 1.14 bits per heavy atom. The molecule has 2 aliphatic heterocycles. The molecule has 0 radical (unpaired) electrons. The minimum atomic E-state index is -0.395. The number of ether oxygens (including phenoxy) is 2. The summed E-state index contributed by atoms with van der Waals surface area (Å²) in [6.45, 7) is 3.14. The van der Waals surface area contributed by atoms with E-state index in [0.29, 0.717) is 13.2 Å². The second-order valence-electron chi connectivity index (χ2n) is 6.37. The van der Waals surface area contributed by atoms with E-state index in [1.54, 1.807) is 6.33 Å². The van der Waals surface area contributed by atoms with Gasteiger partial charge < -0.3 is 14.4 Å². The fourth-order valence-electron chi connectivity index (χ4n) is 3.98. The Hall–Kier alpha value is -1.24. The molecule has 22 heavy (non-hydrogen) atoms.